The zero-order valence-corrected chi connectivity index (χ0v) is 14.7. The maximum Gasteiger partial charge on any atom is 0.371 e. The number of nitrogens with zero attached hydrogens (tertiary/aromatic N) is 1. The zero-order chi connectivity index (χ0) is 18.8. The van der Waals surface area contributed by atoms with E-state index < -0.39 is 27.9 Å². The summed E-state index contributed by atoms with van der Waals surface area (Å²) >= 11 is 0. The summed E-state index contributed by atoms with van der Waals surface area (Å²) in [6.07, 6.45) is 0. The molecule has 0 aliphatic carbocycles. The standard InChI is InChI=1S/C16H18N2O6S/c1-10(17-15(19)13-8-9-14(24-13)16(20)21)11-4-6-12(7-5-11)25(22,23)18(2)3/h4-10H,1-3H3,(H,17,19)(H,20,21). The molecule has 25 heavy (non-hydrogen) atoms. The Morgan fingerprint density at radius 2 is 1.64 bits per heavy atom. The summed E-state index contributed by atoms with van der Waals surface area (Å²) in [6, 6.07) is 8.17. The smallest absolute Gasteiger partial charge is 0.371 e. The molecule has 2 rings (SSSR count). The predicted octanol–water partition coefficient (Wildman–Crippen LogP) is 1.72. The molecule has 0 aliphatic rings. The summed E-state index contributed by atoms with van der Waals surface area (Å²) in [5.74, 6) is -2.26. The van der Waals surface area contributed by atoms with E-state index in [4.69, 9.17) is 9.52 Å². The van der Waals surface area contributed by atoms with Gasteiger partial charge in [0.2, 0.25) is 15.8 Å². The quantitative estimate of drug-likeness (QED) is 0.804. The van der Waals surface area contributed by atoms with Crippen LogP contribution in [0.15, 0.2) is 45.7 Å². The van der Waals surface area contributed by atoms with Crippen molar-refractivity contribution in [1.29, 1.82) is 0 Å². The topological polar surface area (TPSA) is 117 Å². The lowest BCUT2D eigenvalue weighted by Gasteiger charge is -2.15. The van der Waals surface area contributed by atoms with E-state index in [2.05, 4.69) is 5.32 Å². The van der Waals surface area contributed by atoms with E-state index in [0.29, 0.717) is 5.56 Å². The van der Waals surface area contributed by atoms with Crippen molar-refractivity contribution in [3.8, 4) is 0 Å². The Bertz CT molecular complexity index is 884. The molecule has 2 N–H and O–H groups in total. The number of amides is 1. The van der Waals surface area contributed by atoms with Gasteiger partial charge < -0.3 is 14.8 Å². The average Bonchev–Trinajstić information content (AvgIpc) is 3.05. The summed E-state index contributed by atoms with van der Waals surface area (Å²) < 4.78 is 30.1. The third-order valence-corrected chi connectivity index (χ3v) is 5.38. The molecule has 0 fully saturated rings. The maximum atomic E-state index is 12.1. The maximum absolute atomic E-state index is 12.1. The minimum atomic E-state index is -3.52. The van der Waals surface area contributed by atoms with E-state index >= 15 is 0 Å². The molecule has 9 heteroatoms. The second kappa shape index (κ2) is 7.08. The van der Waals surface area contributed by atoms with Crippen molar-refractivity contribution in [2.75, 3.05) is 14.1 Å². The number of nitrogens with one attached hydrogen (secondary N) is 1. The van der Waals surface area contributed by atoms with Crippen LogP contribution in [0.2, 0.25) is 0 Å². The van der Waals surface area contributed by atoms with Gasteiger partial charge in [0.15, 0.2) is 5.76 Å². The molecule has 0 radical (unpaired) electrons. The fourth-order valence-corrected chi connectivity index (χ4v) is 2.97. The SMILES string of the molecule is CC(NC(=O)c1ccc(C(=O)O)o1)c1ccc(S(=O)(=O)N(C)C)cc1. The van der Waals surface area contributed by atoms with Crippen LogP contribution in [0.5, 0.6) is 0 Å². The van der Waals surface area contributed by atoms with E-state index in [0.717, 1.165) is 4.31 Å². The van der Waals surface area contributed by atoms with Gasteiger partial charge in [0.05, 0.1) is 10.9 Å². The van der Waals surface area contributed by atoms with Crippen LogP contribution in [-0.2, 0) is 10.0 Å². The molecule has 0 bridgehead atoms. The van der Waals surface area contributed by atoms with Crippen molar-refractivity contribution in [2.24, 2.45) is 0 Å². The Hall–Kier alpha value is -2.65. The monoisotopic (exact) mass is 366 g/mol. The van der Waals surface area contributed by atoms with Gasteiger partial charge >= 0.3 is 5.97 Å². The Balaban J connectivity index is 2.11. The number of sulfonamides is 1. The highest BCUT2D eigenvalue weighted by atomic mass is 32.2. The van der Waals surface area contributed by atoms with Gasteiger partial charge in [-0.25, -0.2) is 17.5 Å². The van der Waals surface area contributed by atoms with Gasteiger partial charge in [0, 0.05) is 14.1 Å². The highest BCUT2D eigenvalue weighted by Crippen LogP contribution is 2.19. The summed E-state index contributed by atoms with van der Waals surface area (Å²) in [5, 5.41) is 11.5. The number of hydrogen-bond donors (Lipinski definition) is 2. The summed E-state index contributed by atoms with van der Waals surface area (Å²) in [7, 11) is -0.625. The van der Waals surface area contributed by atoms with Gasteiger partial charge in [-0.2, -0.15) is 0 Å². The summed E-state index contributed by atoms with van der Waals surface area (Å²) in [5.41, 5.74) is 0.691. The van der Waals surface area contributed by atoms with Crippen LogP contribution in [0.25, 0.3) is 0 Å². The summed E-state index contributed by atoms with van der Waals surface area (Å²) in [6.45, 7) is 1.72. The largest absolute Gasteiger partial charge is 0.475 e. The highest BCUT2D eigenvalue weighted by molar-refractivity contribution is 7.89. The highest BCUT2D eigenvalue weighted by Gasteiger charge is 2.19. The zero-order valence-electron chi connectivity index (χ0n) is 13.9. The lowest BCUT2D eigenvalue weighted by molar-refractivity contribution is 0.0659. The van der Waals surface area contributed by atoms with Gasteiger partial charge in [-0.3, -0.25) is 4.79 Å². The van der Waals surface area contributed by atoms with Crippen molar-refractivity contribution >= 4 is 21.9 Å². The van der Waals surface area contributed by atoms with Gasteiger partial charge in [-0.05, 0) is 36.8 Å². The van der Waals surface area contributed by atoms with Crippen LogP contribution in [0, 0.1) is 0 Å². The predicted molar refractivity (Wildman–Crippen MR) is 88.9 cm³/mol. The van der Waals surface area contributed by atoms with Crippen molar-refractivity contribution < 1.29 is 27.5 Å². The Kier molecular flexibility index (Phi) is 5.29. The Morgan fingerprint density at radius 1 is 1.08 bits per heavy atom. The molecule has 0 saturated heterocycles. The van der Waals surface area contributed by atoms with Gasteiger partial charge in [-0.1, -0.05) is 12.1 Å². The molecular formula is C16H18N2O6S. The number of rotatable bonds is 6. The summed E-state index contributed by atoms with van der Waals surface area (Å²) in [4.78, 5) is 23.0. The molecule has 1 aromatic heterocycles. The fourth-order valence-electron chi connectivity index (χ4n) is 2.07. The Labute approximate surface area is 145 Å². The van der Waals surface area contributed by atoms with Gasteiger partial charge in [0.25, 0.3) is 5.91 Å². The van der Waals surface area contributed by atoms with E-state index in [1.165, 1.54) is 38.4 Å². The number of benzene rings is 1. The molecule has 1 amide bonds. The van der Waals surface area contributed by atoms with Gasteiger partial charge in [-0.15, -0.1) is 0 Å². The minimum Gasteiger partial charge on any atom is -0.475 e. The van der Waals surface area contributed by atoms with E-state index in [1.807, 2.05) is 0 Å². The minimum absolute atomic E-state index is 0.115. The number of carboxylic acids is 1. The molecule has 1 heterocycles. The van der Waals surface area contributed by atoms with Crippen molar-refractivity contribution in [3.63, 3.8) is 0 Å². The first-order valence-electron chi connectivity index (χ1n) is 7.29. The molecular weight excluding hydrogens is 348 g/mol. The van der Waals surface area contributed by atoms with E-state index in [-0.39, 0.29) is 16.4 Å². The second-order valence-corrected chi connectivity index (χ2v) is 7.67. The fraction of sp³-hybridized carbons (Fsp3) is 0.250. The molecule has 2 aromatic rings. The van der Waals surface area contributed by atoms with Gasteiger partial charge in [0.1, 0.15) is 0 Å². The van der Waals surface area contributed by atoms with E-state index in [9.17, 15) is 18.0 Å². The van der Waals surface area contributed by atoms with Crippen LogP contribution in [0.4, 0.5) is 0 Å². The molecule has 134 valence electrons. The molecule has 1 unspecified atom stereocenters. The number of carbonyl (C=O) groups excluding carboxylic acids is 1. The van der Waals surface area contributed by atoms with Crippen LogP contribution in [0.1, 0.15) is 39.6 Å². The molecule has 1 atom stereocenters. The number of carbonyl (C=O) groups is 2. The first-order chi connectivity index (χ1) is 11.6. The molecule has 1 aromatic carbocycles. The molecule has 0 aliphatic heterocycles. The van der Waals surface area contributed by atoms with Crippen molar-refractivity contribution in [1.82, 2.24) is 9.62 Å². The number of hydrogen-bond acceptors (Lipinski definition) is 5. The third-order valence-electron chi connectivity index (χ3n) is 3.55. The normalized spacial score (nSPS) is 12.8. The molecule has 0 spiro atoms. The van der Waals surface area contributed by atoms with Crippen molar-refractivity contribution in [3.05, 3.63) is 53.5 Å². The molecule has 0 saturated carbocycles. The lowest BCUT2D eigenvalue weighted by atomic mass is 10.1. The molecule has 8 nitrogen and oxygen atoms in total. The average molecular weight is 366 g/mol. The van der Waals surface area contributed by atoms with E-state index in [1.54, 1.807) is 19.1 Å². The Morgan fingerprint density at radius 3 is 2.12 bits per heavy atom. The number of carboxylic acid groups (broad SMARTS) is 1. The number of aromatic carboxylic acids is 1. The van der Waals surface area contributed by atoms with Crippen LogP contribution in [-0.4, -0.2) is 43.8 Å². The first kappa shape index (κ1) is 18.7. The first-order valence-corrected chi connectivity index (χ1v) is 8.73. The lowest BCUT2D eigenvalue weighted by Crippen LogP contribution is -2.26. The number of furan rings is 1. The third kappa shape index (κ3) is 4.06. The van der Waals surface area contributed by atoms with Crippen LogP contribution < -0.4 is 5.32 Å². The van der Waals surface area contributed by atoms with Crippen LogP contribution >= 0.6 is 0 Å². The van der Waals surface area contributed by atoms with Crippen LogP contribution in [0.3, 0.4) is 0 Å². The van der Waals surface area contributed by atoms with Crippen molar-refractivity contribution in [2.45, 2.75) is 17.9 Å². The second-order valence-electron chi connectivity index (χ2n) is 5.52.